The topological polar surface area (TPSA) is 88.6 Å². The van der Waals surface area contributed by atoms with Gasteiger partial charge in [0, 0.05) is 29.2 Å². The zero-order chi connectivity index (χ0) is 23.0. The number of aromatic nitrogens is 3. The SMILES string of the molecule is Cc1cc(C)c(NC(=O)Cn2ccn3nc(-c4cccc(F)c4)c(CO)c3c2=O)c(C)c1. The molecule has 4 aromatic rings. The molecule has 8 heteroatoms. The van der Waals surface area contributed by atoms with Crippen LogP contribution in [0.25, 0.3) is 16.8 Å². The van der Waals surface area contributed by atoms with Crippen molar-refractivity contribution >= 4 is 17.1 Å². The van der Waals surface area contributed by atoms with Gasteiger partial charge in [-0.3, -0.25) is 9.59 Å². The van der Waals surface area contributed by atoms with E-state index in [9.17, 15) is 19.1 Å². The third kappa shape index (κ3) is 3.92. The van der Waals surface area contributed by atoms with Crippen LogP contribution in [0, 0.1) is 26.6 Å². The third-order valence-electron chi connectivity index (χ3n) is 5.37. The van der Waals surface area contributed by atoms with Crippen LogP contribution in [0.5, 0.6) is 0 Å². The van der Waals surface area contributed by atoms with Crippen LogP contribution >= 0.6 is 0 Å². The summed E-state index contributed by atoms with van der Waals surface area (Å²) in [5, 5.41) is 17.2. The van der Waals surface area contributed by atoms with Crippen molar-refractivity contribution in [2.24, 2.45) is 0 Å². The number of hydrogen-bond donors (Lipinski definition) is 2. The number of amides is 1. The first-order valence-corrected chi connectivity index (χ1v) is 10.1. The van der Waals surface area contributed by atoms with Gasteiger partial charge in [0.05, 0.1) is 12.3 Å². The van der Waals surface area contributed by atoms with E-state index in [-0.39, 0.29) is 23.5 Å². The summed E-state index contributed by atoms with van der Waals surface area (Å²) in [6, 6.07) is 9.75. The van der Waals surface area contributed by atoms with Crippen molar-refractivity contribution in [1.29, 1.82) is 0 Å². The van der Waals surface area contributed by atoms with Gasteiger partial charge in [0.15, 0.2) is 0 Å². The minimum absolute atomic E-state index is 0.143. The Labute approximate surface area is 183 Å². The molecule has 0 bridgehead atoms. The Balaban J connectivity index is 1.70. The summed E-state index contributed by atoms with van der Waals surface area (Å²) in [4.78, 5) is 25.8. The molecule has 0 saturated carbocycles. The first-order valence-electron chi connectivity index (χ1n) is 10.1. The van der Waals surface area contributed by atoms with Crippen molar-refractivity contribution < 1.29 is 14.3 Å². The van der Waals surface area contributed by atoms with Gasteiger partial charge in [-0.15, -0.1) is 0 Å². The number of hydrogen-bond acceptors (Lipinski definition) is 4. The zero-order valence-corrected chi connectivity index (χ0v) is 18.0. The molecule has 7 nitrogen and oxygen atoms in total. The van der Waals surface area contributed by atoms with E-state index >= 15 is 0 Å². The summed E-state index contributed by atoms with van der Waals surface area (Å²) in [5.41, 5.74) is 4.43. The van der Waals surface area contributed by atoms with E-state index in [0.717, 1.165) is 22.4 Å². The molecule has 2 aromatic carbocycles. The highest BCUT2D eigenvalue weighted by Crippen LogP contribution is 2.25. The van der Waals surface area contributed by atoms with Crippen LogP contribution in [-0.4, -0.2) is 25.2 Å². The van der Waals surface area contributed by atoms with Crippen molar-refractivity contribution in [3.63, 3.8) is 0 Å². The van der Waals surface area contributed by atoms with E-state index in [1.54, 1.807) is 6.07 Å². The molecule has 0 aliphatic heterocycles. The molecule has 4 rings (SSSR count). The lowest BCUT2D eigenvalue weighted by Crippen LogP contribution is -2.29. The predicted octanol–water partition coefficient (Wildman–Crippen LogP) is 3.36. The summed E-state index contributed by atoms with van der Waals surface area (Å²) in [6.45, 7) is 5.17. The number of nitrogens with one attached hydrogen (secondary N) is 1. The molecule has 2 N–H and O–H groups in total. The Morgan fingerprint density at radius 3 is 2.50 bits per heavy atom. The lowest BCUT2D eigenvalue weighted by molar-refractivity contribution is -0.116. The number of aliphatic hydroxyl groups excluding tert-OH is 1. The van der Waals surface area contributed by atoms with Gasteiger partial charge in [-0.2, -0.15) is 5.10 Å². The van der Waals surface area contributed by atoms with Crippen LogP contribution in [0.15, 0.2) is 53.6 Å². The Morgan fingerprint density at radius 1 is 1.12 bits per heavy atom. The lowest BCUT2D eigenvalue weighted by Gasteiger charge is -2.13. The Morgan fingerprint density at radius 2 is 1.84 bits per heavy atom. The maximum absolute atomic E-state index is 13.7. The summed E-state index contributed by atoms with van der Waals surface area (Å²) >= 11 is 0. The number of fused-ring (bicyclic) bond motifs is 1. The van der Waals surface area contributed by atoms with E-state index in [0.29, 0.717) is 11.3 Å². The van der Waals surface area contributed by atoms with Crippen molar-refractivity contribution in [3.8, 4) is 11.3 Å². The average molecular weight is 434 g/mol. The van der Waals surface area contributed by atoms with Crippen LogP contribution < -0.4 is 10.9 Å². The molecule has 2 heterocycles. The minimum Gasteiger partial charge on any atom is -0.392 e. The summed E-state index contributed by atoms with van der Waals surface area (Å²) in [6.07, 6.45) is 3.00. The first-order chi connectivity index (χ1) is 15.3. The van der Waals surface area contributed by atoms with Crippen LogP contribution in [0.3, 0.4) is 0 Å². The van der Waals surface area contributed by atoms with E-state index in [1.165, 1.54) is 39.7 Å². The molecular formula is C24H23FN4O3. The monoisotopic (exact) mass is 434 g/mol. The molecule has 0 fully saturated rings. The summed E-state index contributed by atoms with van der Waals surface area (Å²) in [7, 11) is 0. The number of carbonyl (C=O) groups is 1. The highest BCUT2D eigenvalue weighted by atomic mass is 19.1. The maximum Gasteiger partial charge on any atom is 0.277 e. The molecule has 0 aliphatic carbocycles. The van der Waals surface area contributed by atoms with Crippen molar-refractivity contribution in [3.05, 3.63) is 87.2 Å². The number of halogens is 1. The molecule has 0 atom stereocenters. The zero-order valence-electron chi connectivity index (χ0n) is 18.0. The Hall–Kier alpha value is -3.78. The standard InChI is InChI=1S/C24H23FN4O3/c1-14-9-15(2)21(16(3)10-14)26-20(31)12-28-7-8-29-23(24(28)32)19(13-30)22(27-29)17-5-4-6-18(25)11-17/h4-11,30H,12-13H2,1-3H3,(H,26,31). The maximum atomic E-state index is 13.7. The normalized spacial score (nSPS) is 11.2. The Bertz CT molecular complexity index is 1380. The second-order valence-corrected chi connectivity index (χ2v) is 7.84. The van der Waals surface area contributed by atoms with Gasteiger partial charge < -0.3 is 15.0 Å². The smallest absolute Gasteiger partial charge is 0.277 e. The second kappa shape index (κ2) is 8.39. The van der Waals surface area contributed by atoms with Crippen LogP contribution in [-0.2, 0) is 17.9 Å². The van der Waals surface area contributed by atoms with Crippen molar-refractivity contribution in [2.75, 3.05) is 5.32 Å². The van der Waals surface area contributed by atoms with Gasteiger partial charge >= 0.3 is 0 Å². The van der Waals surface area contributed by atoms with Gasteiger partial charge in [0.2, 0.25) is 5.91 Å². The van der Waals surface area contributed by atoms with Crippen LogP contribution in [0.2, 0.25) is 0 Å². The molecule has 0 saturated heterocycles. The van der Waals surface area contributed by atoms with Gasteiger partial charge in [-0.05, 0) is 44.0 Å². The number of rotatable bonds is 5. The average Bonchev–Trinajstić information content (AvgIpc) is 3.12. The van der Waals surface area contributed by atoms with Gasteiger partial charge in [-0.1, -0.05) is 29.8 Å². The lowest BCUT2D eigenvalue weighted by atomic mass is 10.1. The molecule has 1 amide bonds. The highest BCUT2D eigenvalue weighted by Gasteiger charge is 2.19. The van der Waals surface area contributed by atoms with Gasteiger partial charge in [0.25, 0.3) is 5.56 Å². The van der Waals surface area contributed by atoms with E-state index in [4.69, 9.17) is 0 Å². The number of anilines is 1. The van der Waals surface area contributed by atoms with E-state index in [2.05, 4.69) is 10.4 Å². The van der Waals surface area contributed by atoms with Gasteiger partial charge in [-0.25, -0.2) is 8.91 Å². The number of nitrogens with zero attached hydrogens (tertiary/aromatic N) is 3. The molecule has 164 valence electrons. The third-order valence-corrected chi connectivity index (χ3v) is 5.37. The Kier molecular flexibility index (Phi) is 5.63. The fraction of sp³-hybridized carbons (Fsp3) is 0.208. The molecule has 0 radical (unpaired) electrons. The predicted molar refractivity (Wildman–Crippen MR) is 120 cm³/mol. The fourth-order valence-electron chi connectivity index (χ4n) is 4.00. The van der Waals surface area contributed by atoms with Crippen molar-refractivity contribution in [1.82, 2.24) is 14.2 Å². The fourth-order valence-corrected chi connectivity index (χ4v) is 4.00. The molecular weight excluding hydrogens is 411 g/mol. The quantitative estimate of drug-likeness (QED) is 0.504. The highest BCUT2D eigenvalue weighted by molar-refractivity contribution is 5.92. The number of aryl methyl sites for hydroxylation is 3. The van der Waals surface area contributed by atoms with Crippen LogP contribution in [0.1, 0.15) is 22.3 Å². The number of carbonyl (C=O) groups excluding carboxylic acids is 1. The summed E-state index contributed by atoms with van der Waals surface area (Å²) in [5.74, 6) is -0.791. The summed E-state index contributed by atoms with van der Waals surface area (Å²) < 4.78 is 16.3. The molecule has 32 heavy (non-hydrogen) atoms. The van der Waals surface area contributed by atoms with E-state index in [1.807, 2.05) is 32.9 Å². The minimum atomic E-state index is -0.473. The largest absolute Gasteiger partial charge is 0.392 e. The second-order valence-electron chi connectivity index (χ2n) is 7.84. The molecule has 0 spiro atoms. The molecule has 2 aromatic heterocycles. The number of aliphatic hydroxyl groups is 1. The van der Waals surface area contributed by atoms with Crippen molar-refractivity contribution in [2.45, 2.75) is 33.9 Å². The van der Waals surface area contributed by atoms with Crippen LogP contribution in [0.4, 0.5) is 10.1 Å². The van der Waals surface area contributed by atoms with E-state index < -0.39 is 18.0 Å². The molecule has 0 aliphatic rings. The molecule has 0 unspecified atom stereocenters. The first kappa shape index (κ1) is 21.5. The number of benzene rings is 2. The van der Waals surface area contributed by atoms with Gasteiger partial charge in [0.1, 0.15) is 17.9 Å².